The van der Waals surface area contributed by atoms with Crippen LogP contribution in [0.3, 0.4) is 0 Å². The lowest BCUT2D eigenvalue weighted by Gasteiger charge is -2.08. The topological polar surface area (TPSA) is 60.9 Å². The van der Waals surface area contributed by atoms with Crippen LogP contribution in [0.1, 0.15) is 37.4 Å². The minimum absolute atomic E-state index is 0.482. The molecule has 0 radical (unpaired) electrons. The van der Waals surface area contributed by atoms with E-state index >= 15 is 0 Å². The zero-order valence-corrected chi connectivity index (χ0v) is 10.3. The third kappa shape index (κ3) is 2.92. The van der Waals surface area contributed by atoms with Crippen LogP contribution in [-0.2, 0) is 16.6 Å². The van der Waals surface area contributed by atoms with Gasteiger partial charge in [-0.1, -0.05) is 12.8 Å². The zero-order valence-electron chi connectivity index (χ0n) is 9.47. The highest BCUT2D eigenvalue weighted by Crippen LogP contribution is 2.28. The predicted octanol–water partition coefficient (Wildman–Crippen LogP) is 1.21. The Morgan fingerprint density at radius 1 is 1.50 bits per heavy atom. The highest BCUT2D eigenvalue weighted by Gasteiger charge is 2.17. The molecule has 1 unspecified atom stereocenters. The van der Waals surface area contributed by atoms with E-state index in [4.69, 9.17) is 5.73 Å². The summed E-state index contributed by atoms with van der Waals surface area (Å²) in [6.07, 6.45) is 7.09. The molecule has 0 aromatic carbocycles. The number of aromatic nitrogens is 2. The smallest absolute Gasteiger partial charge is 0.0749 e. The van der Waals surface area contributed by atoms with Gasteiger partial charge in [0.2, 0.25) is 0 Å². The van der Waals surface area contributed by atoms with Gasteiger partial charge in [0.1, 0.15) is 0 Å². The van der Waals surface area contributed by atoms with Crippen molar-refractivity contribution in [2.75, 3.05) is 12.3 Å². The van der Waals surface area contributed by atoms with Crippen molar-refractivity contribution in [2.45, 2.75) is 37.5 Å². The molecule has 1 atom stereocenters. The summed E-state index contributed by atoms with van der Waals surface area (Å²) >= 11 is 0. The van der Waals surface area contributed by atoms with Gasteiger partial charge in [-0.05, 0) is 18.9 Å². The van der Waals surface area contributed by atoms with E-state index in [1.165, 1.54) is 25.7 Å². The van der Waals surface area contributed by atoms with Crippen molar-refractivity contribution < 1.29 is 4.21 Å². The van der Waals surface area contributed by atoms with Gasteiger partial charge in [-0.25, -0.2) is 0 Å². The third-order valence-electron chi connectivity index (χ3n) is 3.02. The molecule has 5 heteroatoms. The number of hydrogen-bond donors (Lipinski definition) is 1. The summed E-state index contributed by atoms with van der Waals surface area (Å²) in [7, 11) is -0.860. The first-order valence-electron chi connectivity index (χ1n) is 5.88. The van der Waals surface area contributed by atoms with E-state index in [-0.39, 0.29) is 0 Å². The Morgan fingerprint density at radius 3 is 2.94 bits per heavy atom. The molecule has 4 nitrogen and oxygen atoms in total. The molecule has 1 aliphatic carbocycles. The Labute approximate surface area is 98.7 Å². The van der Waals surface area contributed by atoms with Gasteiger partial charge in [0.15, 0.2) is 0 Å². The summed E-state index contributed by atoms with van der Waals surface area (Å²) in [4.78, 5) is 0. The zero-order chi connectivity index (χ0) is 11.4. The summed E-state index contributed by atoms with van der Waals surface area (Å²) in [5.74, 6) is 1.10. The monoisotopic (exact) mass is 241 g/mol. The van der Waals surface area contributed by atoms with E-state index in [1.807, 2.05) is 16.9 Å². The summed E-state index contributed by atoms with van der Waals surface area (Å²) < 4.78 is 13.6. The van der Waals surface area contributed by atoms with Crippen LogP contribution in [0.4, 0.5) is 0 Å². The Hall–Kier alpha value is -0.680. The molecule has 2 N–H and O–H groups in total. The molecular weight excluding hydrogens is 222 g/mol. The highest BCUT2D eigenvalue weighted by atomic mass is 32.2. The van der Waals surface area contributed by atoms with E-state index in [9.17, 15) is 4.21 Å². The molecule has 0 amide bonds. The second-order valence-electron chi connectivity index (χ2n) is 4.30. The minimum Gasteiger partial charge on any atom is -0.330 e. The van der Waals surface area contributed by atoms with E-state index < -0.39 is 10.8 Å². The maximum atomic E-state index is 11.5. The van der Waals surface area contributed by atoms with Crippen LogP contribution in [0.5, 0.6) is 0 Å². The van der Waals surface area contributed by atoms with E-state index in [0.717, 1.165) is 5.69 Å². The molecule has 1 aliphatic rings. The first kappa shape index (κ1) is 11.8. The number of rotatable bonds is 5. The molecule has 0 bridgehead atoms. The van der Waals surface area contributed by atoms with Crippen molar-refractivity contribution in [2.24, 2.45) is 5.73 Å². The Balaban J connectivity index is 1.93. The standard InChI is InChI=1S/C11H19N3OS/c12-6-8-16(15)9-10-5-7-14(13-10)11-3-1-2-4-11/h5,7,11H,1-4,6,8-9,12H2. The largest absolute Gasteiger partial charge is 0.330 e. The second-order valence-corrected chi connectivity index (χ2v) is 5.88. The van der Waals surface area contributed by atoms with E-state index in [2.05, 4.69) is 5.10 Å². The molecule has 0 spiro atoms. The van der Waals surface area contributed by atoms with Crippen molar-refractivity contribution in [3.63, 3.8) is 0 Å². The maximum absolute atomic E-state index is 11.5. The molecule has 1 aromatic heterocycles. The van der Waals surface area contributed by atoms with Gasteiger partial charge in [-0.15, -0.1) is 0 Å². The SMILES string of the molecule is NCCS(=O)Cc1ccn(C2CCCC2)n1. The molecule has 2 rings (SSSR count). The minimum atomic E-state index is -0.860. The van der Waals surface area contributed by atoms with Crippen molar-refractivity contribution in [3.8, 4) is 0 Å². The normalized spacial score (nSPS) is 19.1. The summed E-state index contributed by atoms with van der Waals surface area (Å²) in [5.41, 5.74) is 6.30. The van der Waals surface area contributed by atoms with Gasteiger partial charge >= 0.3 is 0 Å². The second kappa shape index (κ2) is 5.59. The Bertz CT molecular complexity index is 358. The molecule has 16 heavy (non-hydrogen) atoms. The average Bonchev–Trinajstić information content (AvgIpc) is 2.86. The molecular formula is C11H19N3OS. The van der Waals surface area contributed by atoms with Gasteiger partial charge in [0.05, 0.1) is 17.5 Å². The van der Waals surface area contributed by atoms with Crippen molar-refractivity contribution >= 4 is 10.8 Å². The predicted molar refractivity (Wildman–Crippen MR) is 65.5 cm³/mol. The molecule has 0 saturated heterocycles. The summed E-state index contributed by atoms with van der Waals surface area (Å²) in [6.45, 7) is 0.482. The van der Waals surface area contributed by atoms with Crippen LogP contribution in [0.15, 0.2) is 12.3 Å². The van der Waals surface area contributed by atoms with Crippen molar-refractivity contribution in [1.82, 2.24) is 9.78 Å². The fourth-order valence-electron chi connectivity index (χ4n) is 2.20. The quantitative estimate of drug-likeness (QED) is 0.842. The fourth-order valence-corrected chi connectivity index (χ4v) is 3.09. The van der Waals surface area contributed by atoms with Crippen molar-refractivity contribution in [3.05, 3.63) is 18.0 Å². The Kier molecular flexibility index (Phi) is 4.12. The number of nitrogens with zero attached hydrogens (tertiary/aromatic N) is 2. The van der Waals surface area contributed by atoms with Crippen LogP contribution < -0.4 is 5.73 Å². The third-order valence-corrected chi connectivity index (χ3v) is 4.33. The molecule has 1 heterocycles. The van der Waals surface area contributed by atoms with Gasteiger partial charge < -0.3 is 5.73 Å². The summed E-state index contributed by atoms with van der Waals surface area (Å²) in [5, 5.41) is 4.50. The van der Waals surface area contributed by atoms with E-state index in [0.29, 0.717) is 24.1 Å². The van der Waals surface area contributed by atoms with Crippen LogP contribution >= 0.6 is 0 Å². The highest BCUT2D eigenvalue weighted by molar-refractivity contribution is 7.84. The Morgan fingerprint density at radius 2 is 2.25 bits per heavy atom. The van der Waals surface area contributed by atoms with Crippen LogP contribution in [0.2, 0.25) is 0 Å². The maximum Gasteiger partial charge on any atom is 0.0749 e. The molecule has 0 aliphatic heterocycles. The summed E-state index contributed by atoms with van der Waals surface area (Å²) in [6, 6.07) is 2.55. The van der Waals surface area contributed by atoms with Crippen LogP contribution in [0, 0.1) is 0 Å². The first-order chi connectivity index (χ1) is 7.79. The fraction of sp³-hybridized carbons (Fsp3) is 0.727. The van der Waals surface area contributed by atoms with Gasteiger partial charge in [-0.2, -0.15) is 5.10 Å². The van der Waals surface area contributed by atoms with Gasteiger partial charge in [-0.3, -0.25) is 8.89 Å². The van der Waals surface area contributed by atoms with Gasteiger partial charge in [0.25, 0.3) is 0 Å². The number of hydrogen-bond acceptors (Lipinski definition) is 3. The molecule has 90 valence electrons. The molecule has 1 saturated carbocycles. The van der Waals surface area contributed by atoms with Gasteiger partial charge in [0, 0.05) is 29.3 Å². The molecule has 1 aromatic rings. The lowest BCUT2D eigenvalue weighted by atomic mass is 10.3. The lowest BCUT2D eigenvalue weighted by Crippen LogP contribution is -2.12. The van der Waals surface area contributed by atoms with Crippen molar-refractivity contribution in [1.29, 1.82) is 0 Å². The number of nitrogens with two attached hydrogens (primary N) is 1. The van der Waals surface area contributed by atoms with Crippen LogP contribution in [-0.4, -0.2) is 26.3 Å². The van der Waals surface area contributed by atoms with E-state index in [1.54, 1.807) is 0 Å². The van der Waals surface area contributed by atoms with Crippen LogP contribution in [0.25, 0.3) is 0 Å². The average molecular weight is 241 g/mol. The lowest BCUT2D eigenvalue weighted by molar-refractivity contribution is 0.464. The first-order valence-corrected chi connectivity index (χ1v) is 7.37. The molecule has 1 fully saturated rings.